The van der Waals surface area contributed by atoms with Crippen LogP contribution in [-0.2, 0) is 14.8 Å². The molecule has 0 aliphatic heterocycles. The summed E-state index contributed by atoms with van der Waals surface area (Å²) in [5.41, 5.74) is 0.584. The third-order valence-corrected chi connectivity index (χ3v) is 4.10. The van der Waals surface area contributed by atoms with Crippen LogP contribution in [0.25, 0.3) is 0 Å². The van der Waals surface area contributed by atoms with E-state index in [1.165, 1.54) is 0 Å². The maximum Gasteiger partial charge on any atom is 0.242 e. The smallest absolute Gasteiger partial charge is 0.242 e. The first kappa shape index (κ1) is 15.9. The minimum absolute atomic E-state index is 0.0281. The van der Waals surface area contributed by atoms with Crippen LogP contribution in [0.4, 0.5) is 5.69 Å². The fraction of sp³-hybridized carbons (Fsp3) is 0.538. The molecule has 0 saturated heterocycles. The Bertz CT molecular complexity index is 500. The summed E-state index contributed by atoms with van der Waals surface area (Å²) in [6.07, 6.45) is 0. The van der Waals surface area contributed by atoms with Crippen LogP contribution < -0.4 is 10.0 Å². The number of anilines is 1. The normalized spacial score (nSPS) is 13.5. The molecule has 1 aromatic rings. The minimum Gasteiger partial charge on any atom is -0.383 e. The van der Waals surface area contributed by atoms with E-state index in [9.17, 15) is 8.42 Å². The second-order valence-electron chi connectivity index (χ2n) is 4.77. The van der Waals surface area contributed by atoms with Crippen molar-refractivity contribution in [1.82, 2.24) is 4.72 Å². The van der Waals surface area contributed by atoms with Gasteiger partial charge in [-0.15, -0.1) is 0 Å². The third-order valence-electron chi connectivity index (χ3n) is 2.39. The molecule has 1 atom stereocenters. The van der Waals surface area contributed by atoms with Gasteiger partial charge in [-0.2, -0.15) is 0 Å². The molecule has 0 saturated carbocycles. The average Bonchev–Trinajstić information content (AvgIpc) is 2.28. The molecular weight excluding hydrogens is 264 g/mol. The number of hydrogen-bond donors (Lipinski definition) is 2. The summed E-state index contributed by atoms with van der Waals surface area (Å²) in [5, 5.41) is 3.15. The molecule has 1 rings (SSSR count). The quantitative estimate of drug-likeness (QED) is 0.802. The summed E-state index contributed by atoms with van der Waals surface area (Å²) < 4.78 is 32.1. The molecular formula is C13H22N2O3S. The lowest BCUT2D eigenvalue weighted by Crippen LogP contribution is -2.31. The molecule has 0 spiro atoms. The van der Waals surface area contributed by atoms with Gasteiger partial charge >= 0.3 is 0 Å². The van der Waals surface area contributed by atoms with Crippen molar-refractivity contribution in [3.05, 3.63) is 24.3 Å². The molecule has 2 N–H and O–H groups in total. The van der Waals surface area contributed by atoms with E-state index in [0.29, 0.717) is 12.3 Å². The standard InChI is InChI=1S/C13H22N2O3S/c1-10(2)15-19(16,17)13-8-6-5-7-12(13)14-11(3)9-18-4/h5-8,10-11,14-15H,9H2,1-4H3. The van der Waals surface area contributed by atoms with E-state index >= 15 is 0 Å². The van der Waals surface area contributed by atoms with Crippen LogP contribution in [0.1, 0.15) is 20.8 Å². The maximum atomic E-state index is 12.2. The van der Waals surface area contributed by atoms with Crippen molar-refractivity contribution in [2.24, 2.45) is 0 Å². The van der Waals surface area contributed by atoms with Crippen molar-refractivity contribution >= 4 is 15.7 Å². The van der Waals surface area contributed by atoms with Crippen LogP contribution in [0.3, 0.4) is 0 Å². The van der Waals surface area contributed by atoms with Crippen molar-refractivity contribution in [2.75, 3.05) is 19.0 Å². The fourth-order valence-corrected chi connectivity index (χ4v) is 3.17. The summed E-state index contributed by atoms with van der Waals surface area (Å²) >= 11 is 0. The number of rotatable bonds is 7. The topological polar surface area (TPSA) is 67.4 Å². The molecule has 0 fully saturated rings. The lowest BCUT2D eigenvalue weighted by Gasteiger charge is -2.18. The highest BCUT2D eigenvalue weighted by atomic mass is 32.2. The second-order valence-corrected chi connectivity index (χ2v) is 6.46. The van der Waals surface area contributed by atoms with Crippen molar-refractivity contribution in [3.8, 4) is 0 Å². The van der Waals surface area contributed by atoms with Crippen molar-refractivity contribution < 1.29 is 13.2 Å². The Morgan fingerprint density at radius 2 is 1.84 bits per heavy atom. The molecule has 108 valence electrons. The Balaban J connectivity index is 3.02. The molecule has 0 aromatic heterocycles. The number of sulfonamides is 1. The summed E-state index contributed by atoms with van der Waals surface area (Å²) in [6, 6.07) is 6.74. The van der Waals surface area contributed by atoms with E-state index in [2.05, 4.69) is 10.0 Å². The number of benzene rings is 1. The van der Waals surface area contributed by atoms with E-state index in [0.717, 1.165) is 0 Å². The fourth-order valence-electron chi connectivity index (χ4n) is 1.75. The summed E-state index contributed by atoms with van der Waals surface area (Å²) in [7, 11) is -1.89. The Morgan fingerprint density at radius 3 is 2.42 bits per heavy atom. The van der Waals surface area contributed by atoms with Gasteiger partial charge in [0.1, 0.15) is 4.90 Å². The highest BCUT2D eigenvalue weighted by molar-refractivity contribution is 7.89. The largest absolute Gasteiger partial charge is 0.383 e. The van der Waals surface area contributed by atoms with E-state index in [1.54, 1.807) is 45.2 Å². The molecule has 0 heterocycles. The zero-order valence-electron chi connectivity index (χ0n) is 11.8. The lowest BCUT2D eigenvalue weighted by atomic mass is 10.3. The van der Waals surface area contributed by atoms with Gasteiger partial charge in [-0.3, -0.25) is 0 Å². The van der Waals surface area contributed by atoms with Gasteiger partial charge in [0.2, 0.25) is 10.0 Å². The average molecular weight is 286 g/mol. The van der Waals surface area contributed by atoms with Gasteiger partial charge in [-0.1, -0.05) is 12.1 Å². The summed E-state index contributed by atoms with van der Waals surface area (Å²) in [5.74, 6) is 0. The first-order chi connectivity index (χ1) is 8.86. The highest BCUT2D eigenvalue weighted by Crippen LogP contribution is 2.21. The highest BCUT2D eigenvalue weighted by Gasteiger charge is 2.19. The molecule has 0 amide bonds. The van der Waals surface area contributed by atoms with Crippen LogP contribution in [0.2, 0.25) is 0 Å². The molecule has 0 aliphatic carbocycles. The predicted octanol–water partition coefficient (Wildman–Crippen LogP) is 1.82. The monoisotopic (exact) mass is 286 g/mol. The predicted molar refractivity (Wildman–Crippen MR) is 76.9 cm³/mol. The van der Waals surface area contributed by atoms with Crippen molar-refractivity contribution in [1.29, 1.82) is 0 Å². The molecule has 0 aliphatic rings. The zero-order chi connectivity index (χ0) is 14.5. The molecule has 0 radical (unpaired) electrons. The number of ether oxygens (including phenoxy) is 1. The first-order valence-electron chi connectivity index (χ1n) is 6.23. The van der Waals surface area contributed by atoms with Gasteiger partial charge < -0.3 is 10.1 Å². The van der Waals surface area contributed by atoms with Crippen LogP contribution in [0.5, 0.6) is 0 Å². The van der Waals surface area contributed by atoms with Gasteiger partial charge in [-0.25, -0.2) is 13.1 Å². The van der Waals surface area contributed by atoms with Crippen LogP contribution in [-0.4, -0.2) is 34.2 Å². The molecule has 19 heavy (non-hydrogen) atoms. The van der Waals surface area contributed by atoms with Crippen LogP contribution in [0.15, 0.2) is 29.2 Å². The lowest BCUT2D eigenvalue weighted by molar-refractivity contribution is 0.190. The molecule has 5 nitrogen and oxygen atoms in total. The van der Waals surface area contributed by atoms with Gasteiger partial charge in [0.25, 0.3) is 0 Å². The number of hydrogen-bond acceptors (Lipinski definition) is 4. The van der Waals surface area contributed by atoms with Crippen LogP contribution in [0, 0.1) is 0 Å². The SMILES string of the molecule is COCC(C)Nc1ccccc1S(=O)(=O)NC(C)C. The third kappa shape index (κ3) is 4.81. The number of methoxy groups -OCH3 is 1. The number of para-hydroxylation sites is 1. The number of nitrogens with one attached hydrogen (secondary N) is 2. The van der Waals surface area contributed by atoms with E-state index < -0.39 is 10.0 Å². The van der Waals surface area contributed by atoms with Crippen molar-refractivity contribution in [3.63, 3.8) is 0 Å². The maximum absolute atomic E-state index is 12.2. The Kier molecular flexibility index (Phi) is 5.78. The zero-order valence-corrected chi connectivity index (χ0v) is 12.6. The minimum atomic E-state index is -3.50. The van der Waals surface area contributed by atoms with Crippen molar-refractivity contribution in [2.45, 2.75) is 37.8 Å². The molecule has 6 heteroatoms. The Hall–Kier alpha value is -1.11. The molecule has 0 bridgehead atoms. The second kappa shape index (κ2) is 6.88. The molecule has 1 aromatic carbocycles. The van der Waals surface area contributed by atoms with E-state index in [-0.39, 0.29) is 17.0 Å². The van der Waals surface area contributed by atoms with Gasteiger partial charge in [0.05, 0.1) is 12.3 Å². The molecule has 1 unspecified atom stereocenters. The van der Waals surface area contributed by atoms with E-state index in [4.69, 9.17) is 4.74 Å². The van der Waals surface area contributed by atoms with Gasteiger partial charge in [0, 0.05) is 19.2 Å². The Labute approximate surface area is 115 Å². The summed E-state index contributed by atoms with van der Waals surface area (Å²) in [6.45, 7) is 6.02. The van der Waals surface area contributed by atoms with E-state index in [1.807, 2.05) is 6.92 Å². The van der Waals surface area contributed by atoms with Gasteiger partial charge in [0.15, 0.2) is 0 Å². The Morgan fingerprint density at radius 1 is 1.21 bits per heavy atom. The van der Waals surface area contributed by atoms with Gasteiger partial charge in [-0.05, 0) is 32.9 Å². The summed E-state index contributed by atoms with van der Waals surface area (Å²) in [4.78, 5) is 0.256. The first-order valence-corrected chi connectivity index (χ1v) is 7.72. The van der Waals surface area contributed by atoms with Crippen LogP contribution >= 0.6 is 0 Å².